The van der Waals surface area contributed by atoms with E-state index in [-0.39, 0.29) is 29.5 Å². The summed E-state index contributed by atoms with van der Waals surface area (Å²) in [5.41, 5.74) is -0.917. The number of rotatable bonds is 5. The molecule has 37 heavy (non-hydrogen) atoms. The zero-order valence-electron chi connectivity index (χ0n) is 19.5. The van der Waals surface area contributed by atoms with E-state index >= 15 is 0 Å². The number of nitrogens with one attached hydrogen (secondary N) is 1. The highest BCUT2D eigenvalue weighted by atomic mass is 32.2. The van der Waals surface area contributed by atoms with Crippen LogP contribution in [0.5, 0.6) is 17.2 Å². The lowest BCUT2D eigenvalue weighted by molar-refractivity contribution is -0.138. The highest BCUT2D eigenvalue weighted by molar-refractivity contribution is 8.18. The molecule has 13 heteroatoms. The molecule has 0 unspecified atom stereocenters. The van der Waals surface area contributed by atoms with E-state index in [4.69, 9.17) is 9.47 Å². The van der Waals surface area contributed by atoms with Gasteiger partial charge in [-0.05, 0) is 53.7 Å². The predicted molar refractivity (Wildman–Crippen MR) is 128 cm³/mol. The van der Waals surface area contributed by atoms with Gasteiger partial charge in [-0.25, -0.2) is 4.79 Å². The Bertz CT molecular complexity index is 1330. The van der Waals surface area contributed by atoms with Crippen LogP contribution in [0.2, 0.25) is 0 Å². The van der Waals surface area contributed by atoms with Gasteiger partial charge in [0.25, 0.3) is 5.91 Å². The maximum absolute atomic E-state index is 13.7. The molecule has 0 aliphatic carbocycles. The predicted octanol–water partition coefficient (Wildman–Crippen LogP) is 3.70. The Kier molecular flexibility index (Phi) is 7.43. The Morgan fingerprint density at radius 2 is 1.86 bits per heavy atom. The lowest BCUT2D eigenvalue weighted by Crippen LogP contribution is -2.49. The highest BCUT2D eigenvalue weighted by Crippen LogP contribution is 2.41. The van der Waals surface area contributed by atoms with E-state index in [1.54, 1.807) is 17.0 Å². The largest absolute Gasteiger partial charge is 0.493 e. The van der Waals surface area contributed by atoms with Crippen LogP contribution in [0.15, 0.2) is 46.3 Å². The molecule has 2 heterocycles. The number of thioether (sulfide) groups is 1. The number of esters is 1. The van der Waals surface area contributed by atoms with Crippen molar-refractivity contribution < 1.29 is 41.8 Å². The van der Waals surface area contributed by atoms with Crippen molar-refractivity contribution in [1.82, 2.24) is 10.2 Å². The molecule has 1 saturated heterocycles. The van der Waals surface area contributed by atoms with E-state index in [0.29, 0.717) is 34.8 Å². The smallest absolute Gasteiger partial charge is 0.420 e. The van der Waals surface area contributed by atoms with Crippen LogP contribution in [0.25, 0.3) is 6.08 Å². The molecular formula is C24H20F3N3O6S. The van der Waals surface area contributed by atoms with Crippen molar-refractivity contribution in [3.63, 3.8) is 0 Å². The second-order valence-corrected chi connectivity index (χ2v) is 8.80. The van der Waals surface area contributed by atoms with E-state index in [0.717, 1.165) is 31.0 Å². The monoisotopic (exact) mass is 535 g/mol. The molecule has 2 aromatic rings. The number of nitrogens with zero attached hydrogens (tertiary/aromatic N) is 2. The zero-order valence-corrected chi connectivity index (χ0v) is 20.4. The summed E-state index contributed by atoms with van der Waals surface area (Å²) in [4.78, 5) is 41.8. The molecule has 2 amide bonds. The maximum Gasteiger partial charge on any atom is 0.420 e. The number of carbonyl (C=O) groups excluding carboxylic acids is 3. The fourth-order valence-electron chi connectivity index (χ4n) is 3.55. The van der Waals surface area contributed by atoms with E-state index in [9.17, 15) is 27.6 Å². The number of carbonyl (C=O) groups is 3. The number of hydrogen-bond acceptors (Lipinski definition) is 8. The Hall–Kier alpha value is -4.00. The van der Waals surface area contributed by atoms with Gasteiger partial charge in [0.2, 0.25) is 5.91 Å². The molecule has 9 nitrogen and oxygen atoms in total. The quantitative estimate of drug-likeness (QED) is 0.457. The highest BCUT2D eigenvalue weighted by Gasteiger charge is 2.36. The molecule has 1 N–H and O–H groups in total. The second kappa shape index (κ2) is 10.5. The summed E-state index contributed by atoms with van der Waals surface area (Å²) in [5.74, 6) is -1.97. The second-order valence-electron chi connectivity index (χ2n) is 7.79. The first kappa shape index (κ1) is 26.1. The normalized spacial score (nSPS) is 16.9. The lowest BCUT2D eigenvalue weighted by Gasteiger charge is -2.27. The summed E-state index contributed by atoms with van der Waals surface area (Å²) in [6, 6.07) is 7.28. The Morgan fingerprint density at radius 3 is 2.54 bits per heavy atom. The number of alkyl halides is 3. The molecule has 2 aliphatic heterocycles. The number of ether oxygens (including phenoxy) is 3. The Balaban J connectivity index is 1.57. The van der Waals surface area contributed by atoms with Gasteiger partial charge in [-0.2, -0.15) is 18.2 Å². The summed E-state index contributed by atoms with van der Waals surface area (Å²) in [7, 11) is 2.39. The number of benzene rings is 2. The molecule has 4 rings (SSSR count). The fraction of sp³-hybridized carbons (Fsp3) is 0.250. The van der Waals surface area contributed by atoms with Gasteiger partial charge in [0.1, 0.15) is 5.75 Å². The Labute approximate surface area is 213 Å². The van der Waals surface area contributed by atoms with Crippen molar-refractivity contribution in [2.45, 2.75) is 6.18 Å². The molecule has 0 saturated carbocycles. The van der Waals surface area contributed by atoms with E-state index in [1.165, 1.54) is 19.2 Å². The first-order chi connectivity index (χ1) is 17.6. The fourth-order valence-corrected chi connectivity index (χ4v) is 4.49. The van der Waals surface area contributed by atoms with Gasteiger partial charge in [-0.1, -0.05) is 6.07 Å². The van der Waals surface area contributed by atoms with Gasteiger partial charge in [-0.3, -0.25) is 9.59 Å². The van der Waals surface area contributed by atoms with Crippen LogP contribution in [0.3, 0.4) is 0 Å². The first-order valence-corrected chi connectivity index (χ1v) is 11.6. The minimum absolute atomic E-state index is 0.0114. The van der Waals surface area contributed by atoms with E-state index < -0.39 is 29.4 Å². The van der Waals surface area contributed by atoms with Crippen LogP contribution in [0.4, 0.5) is 13.2 Å². The van der Waals surface area contributed by atoms with Crippen molar-refractivity contribution in [1.29, 1.82) is 0 Å². The molecule has 0 aromatic heterocycles. The number of methoxy groups -OCH3 is 2. The summed E-state index contributed by atoms with van der Waals surface area (Å²) < 4.78 is 56.3. The average molecular weight is 536 g/mol. The van der Waals surface area contributed by atoms with Gasteiger partial charge < -0.3 is 24.4 Å². The van der Waals surface area contributed by atoms with Crippen molar-refractivity contribution in [2.24, 2.45) is 4.99 Å². The molecule has 194 valence electrons. The average Bonchev–Trinajstić information content (AvgIpc) is 3.24. The van der Waals surface area contributed by atoms with Gasteiger partial charge >= 0.3 is 12.1 Å². The standard InChI is InChI=1S/C24H20F3N3O6S/c1-34-18-9-13(10-19-21(32)29-23(37-19)30-8-7-28-20(31)12-30)3-5-17(18)36-16-6-4-14(22(33)35-2)11-15(16)24(25,26)27/h3-6,9-11H,7-8,12H2,1-2H3,(H,28,31)/b19-10-. The van der Waals surface area contributed by atoms with Crippen LogP contribution in [-0.2, 0) is 20.5 Å². The minimum atomic E-state index is -4.80. The molecule has 2 aromatic carbocycles. The maximum atomic E-state index is 13.7. The summed E-state index contributed by atoms with van der Waals surface area (Å²) in [5, 5.41) is 3.13. The van der Waals surface area contributed by atoms with Crippen molar-refractivity contribution >= 4 is 40.8 Å². The molecule has 2 aliphatic rings. The lowest BCUT2D eigenvalue weighted by atomic mass is 10.1. The van der Waals surface area contributed by atoms with E-state index in [2.05, 4.69) is 15.0 Å². The SMILES string of the molecule is COC(=O)c1ccc(Oc2ccc(/C=C3\SC(N4CCNC(=O)C4)=NC3=O)cc2OC)c(C(F)(F)F)c1. The third kappa shape index (κ3) is 5.88. The van der Waals surface area contributed by atoms with Crippen LogP contribution < -0.4 is 14.8 Å². The van der Waals surface area contributed by atoms with Crippen LogP contribution in [0.1, 0.15) is 21.5 Å². The summed E-state index contributed by atoms with van der Waals surface area (Å²) >= 11 is 1.13. The molecule has 1 fully saturated rings. The van der Waals surface area contributed by atoms with Crippen LogP contribution in [-0.4, -0.2) is 61.7 Å². The Morgan fingerprint density at radius 1 is 1.11 bits per heavy atom. The first-order valence-electron chi connectivity index (χ1n) is 10.8. The van der Waals surface area contributed by atoms with Gasteiger partial charge in [-0.15, -0.1) is 0 Å². The number of hydrogen-bond donors (Lipinski definition) is 1. The number of aliphatic imine (C=N–C) groups is 1. The number of amides is 2. The third-order valence-corrected chi connectivity index (χ3v) is 6.37. The summed E-state index contributed by atoms with van der Waals surface area (Å²) in [6.07, 6.45) is -3.24. The zero-order chi connectivity index (χ0) is 26.7. The topological polar surface area (TPSA) is 107 Å². The number of amidine groups is 1. The van der Waals surface area contributed by atoms with Crippen molar-refractivity contribution in [3.8, 4) is 17.2 Å². The van der Waals surface area contributed by atoms with E-state index in [1.807, 2.05) is 0 Å². The molecule has 0 spiro atoms. The van der Waals surface area contributed by atoms with Gasteiger partial charge in [0.05, 0.1) is 36.8 Å². The minimum Gasteiger partial charge on any atom is -0.493 e. The molecule has 0 bridgehead atoms. The molecule has 0 radical (unpaired) electrons. The number of piperazine rings is 1. The van der Waals surface area contributed by atoms with Crippen molar-refractivity contribution in [3.05, 3.63) is 58.0 Å². The molecule has 0 atom stereocenters. The number of halogens is 3. The van der Waals surface area contributed by atoms with Gasteiger partial charge in [0, 0.05) is 13.1 Å². The van der Waals surface area contributed by atoms with Crippen LogP contribution in [0, 0.1) is 0 Å². The van der Waals surface area contributed by atoms with Crippen LogP contribution >= 0.6 is 11.8 Å². The van der Waals surface area contributed by atoms with Crippen molar-refractivity contribution in [2.75, 3.05) is 33.9 Å². The summed E-state index contributed by atoms with van der Waals surface area (Å²) in [6.45, 7) is 1.08. The molecular weight excluding hydrogens is 515 g/mol. The van der Waals surface area contributed by atoms with Gasteiger partial charge in [0.15, 0.2) is 16.7 Å². The third-order valence-electron chi connectivity index (χ3n) is 5.33.